The van der Waals surface area contributed by atoms with E-state index in [0.29, 0.717) is 30.1 Å². The molecule has 2 aliphatic heterocycles. The number of aliphatic hydroxyl groups excluding tert-OH is 1. The molecule has 180 valence electrons. The van der Waals surface area contributed by atoms with Crippen LogP contribution in [-0.4, -0.2) is 59.8 Å². The van der Waals surface area contributed by atoms with Crippen LogP contribution in [0, 0.1) is 0 Å². The monoisotopic (exact) mass is 467 g/mol. The third-order valence-corrected chi connectivity index (χ3v) is 6.08. The summed E-state index contributed by atoms with van der Waals surface area (Å²) in [5.41, 5.74) is 0.844. The standard InChI is InChI=1S/C26H29NO7/c1-3-12-33-18-9-6-16(7-10-18)24(29)22-23(17-8-11-21(32-2)20(28)14-17)27(26(31)25(22)30)15-19-5-4-13-34-19/h6-11,14,19,23,28-29H,3-5,12-13,15H2,1-2H3/b24-22-. The van der Waals surface area contributed by atoms with E-state index in [4.69, 9.17) is 14.2 Å². The lowest BCUT2D eigenvalue weighted by molar-refractivity contribution is -0.140. The zero-order chi connectivity index (χ0) is 24.2. The normalized spacial score (nSPS) is 21.8. The van der Waals surface area contributed by atoms with Crippen LogP contribution in [0.25, 0.3) is 5.76 Å². The average Bonchev–Trinajstić information content (AvgIpc) is 3.45. The molecule has 2 aromatic carbocycles. The minimum atomic E-state index is -0.878. The molecule has 2 saturated heterocycles. The molecule has 0 bridgehead atoms. The van der Waals surface area contributed by atoms with Gasteiger partial charge in [0.05, 0.1) is 31.4 Å². The predicted molar refractivity (Wildman–Crippen MR) is 125 cm³/mol. The van der Waals surface area contributed by atoms with E-state index in [9.17, 15) is 19.8 Å². The molecule has 4 rings (SSSR count). The van der Waals surface area contributed by atoms with E-state index in [1.54, 1.807) is 36.4 Å². The summed E-state index contributed by atoms with van der Waals surface area (Å²) in [6.45, 7) is 3.39. The number of benzene rings is 2. The number of ether oxygens (including phenoxy) is 3. The number of aliphatic hydroxyl groups is 1. The molecular weight excluding hydrogens is 438 g/mol. The number of nitrogens with zero attached hydrogens (tertiary/aromatic N) is 1. The molecule has 0 aliphatic carbocycles. The van der Waals surface area contributed by atoms with Crippen LogP contribution in [0.3, 0.4) is 0 Å². The minimum absolute atomic E-state index is 0.0326. The topological polar surface area (TPSA) is 106 Å². The van der Waals surface area contributed by atoms with E-state index in [2.05, 4.69) is 0 Å². The minimum Gasteiger partial charge on any atom is -0.507 e. The summed E-state index contributed by atoms with van der Waals surface area (Å²) in [7, 11) is 1.44. The summed E-state index contributed by atoms with van der Waals surface area (Å²) in [5.74, 6) is -0.977. The summed E-state index contributed by atoms with van der Waals surface area (Å²) < 4.78 is 16.4. The number of likely N-dealkylation sites (tertiary alicyclic amines) is 1. The van der Waals surface area contributed by atoms with Crippen LogP contribution in [0.5, 0.6) is 17.2 Å². The molecule has 0 saturated carbocycles. The highest BCUT2D eigenvalue weighted by atomic mass is 16.5. The van der Waals surface area contributed by atoms with Gasteiger partial charge in [0, 0.05) is 18.7 Å². The highest BCUT2D eigenvalue weighted by molar-refractivity contribution is 6.46. The average molecular weight is 468 g/mol. The quantitative estimate of drug-likeness (QED) is 0.346. The Bertz CT molecular complexity index is 1090. The summed E-state index contributed by atoms with van der Waals surface area (Å²) >= 11 is 0. The first kappa shape index (κ1) is 23.6. The first-order valence-electron chi connectivity index (χ1n) is 11.4. The van der Waals surface area contributed by atoms with Gasteiger partial charge in [0.1, 0.15) is 11.5 Å². The molecule has 2 atom stereocenters. The van der Waals surface area contributed by atoms with E-state index >= 15 is 0 Å². The molecule has 1 amide bonds. The molecule has 2 fully saturated rings. The van der Waals surface area contributed by atoms with Crippen LogP contribution in [0.4, 0.5) is 0 Å². The highest BCUT2D eigenvalue weighted by Crippen LogP contribution is 2.42. The zero-order valence-corrected chi connectivity index (χ0v) is 19.3. The van der Waals surface area contributed by atoms with Crippen molar-refractivity contribution in [2.45, 2.75) is 38.3 Å². The maximum atomic E-state index is 13.1. The highest BCUT2D eigenvalue weighted by Gasteiger charge is 2.47. The SMILES string of the molecule is CCCOc1ccc(/C(O)=C2/C(=O)C(=O)N(CC3CCCO3)C2c2ccc(OC)c(O)c2)cc1. The second-order valence-corrected chi connectivity index (χ2v) is 8.39. The van der Waals surface area contributed by atoms with E-state index in [-0.39, 0.29) is 35.5 Å². The van der Waals surface area contributed by atoms with Gasteiger partial charge in [-0.3, -0.25) is 9.59 Å². The summed E-state index contributed by atoms with van der Waals surface area (Å²) in [4.78, 5) is 27.6. The van der Waals surface area contributed by atoms with E-state index in [0.717, 1.165) is 19.3 Å². The molecule has 2 unspecified atom stereocenters. The number of hydrogen-bond donors (Lipinski definition) is 2. The van der Waals surface area contributed by atoms with Crippen molar-refractivity contribution in [3.05, 3.63) is 59.2 Å². The van der Waals surface area contributed by atoms with Crippen LogP contribution in [0.15, 0.2) is 48.0 Å². The fourth-order valence-electron chi connectivity index (χ4n) is 4.38. The molecule has 0 radical (unpaired) electrons. The molecular formula is C26H29NO7. The van der Waals surface area contributed by atoms with Crippen LogP contribution in [-0.2, 0) is 14.3 Å². The first-order valence-corrected chi connectivity index (χ1v) is 11.4. The van der Waals surface area contributed by atoms with Crippen LogP contribution in [0.1, 0.15) is 43.4 Å². The number of hydrogen-bond acceptors (Lipinski definition) is 7. The van der Waals surface area contributed by atoms with E-state index in [1.807, 2.05) is 6.92 Å². The van der Waals surface area contributed by atoms with Gasteiger partial charge in [-0.25, -0.2) is 0 Å². The molecule has 2 aliphatic rings. The summed E-state index contributed by atoms with van der Waals surface area (Å²) in [5, 5.41) is 21.5. The maximum Gasteiger partial charge on any atom is 0.295 e. The Morgan fingerprint density at radius 2 is 1.94 bits per heavy atom. The van der Waals surface area contributed by atoms with Gasteiger partial charge < -0.3 is 29.3 Å². The Hall–Kier alpha value is -3.52. The lowest BCUT2D eigenvalue weighted by atomic mass is 9.94. The fraction of sp³-hybridized carbons (Fsp3) is 0.385. The Kier molecular flexibility index (Phi) is 7.07. The van der Waals surface area contributed by atoms with Gasteiger partial charge in [-0.2, -0.15) is 0 Å². The number of rotatable bonds is 8. The smallest absolute Gasteiger partial charge is 0.295 e. The molecule has 2 N–H and O–H groups in total. The van der Waals surface area contributed by atoms with Crippen molar-refractivity contribution in [3.8, 4) is 17.2 Å². The predicted octanol–water partition coefficient (Wildman–Crippen LogP) is 3.79. The van der Waals surface area contributed by atoms with E-state index in [1.165, 1.54) is 18.1 Å². The zero-order valence-electron chi connectivity index (χ0n) is 19.3. The molecule has 34 heavy (non-hydrogen) atoms. The van der Waals surface area contributed by atoms with Crippen molar-refractivity contribution in [2.75, 3.05) is 26.9 Å². The van der Waals surface area contributed by atoms with Gasteiger partial charge in [-0.05, 0) is 61.2 Å². The van der Waals surface area contributed by atoms with Crippen molar-refractivity contribution < 1.29 is 34.0 Å². The van der Waals surface area contributed by atoms with Crippen molar-refractivity contribution in [1.29, 1.82) is 0 Å². The number of Topliss-reactive ketones (excluding diaryl/α,β-unsaturated/α-hetero) is 1. The van der Waals surface area contributed by atoms with Crippen LogP contribution < -0.4 is 9.47 Å². The van der Waals surface area contributed by atoms with Crippen molar-refractivity contribution in [3.63, 3.8) is 0 Å². The second-order valence-electron chi connectivity index (χ2n) is 8.39. The lowest BCUT2D eigenvalue weighted by Crippen LogP contribution is -2.36. The number of carbonyl (C=O) groups excluding carboxylic acids is 2. The maximum absolute atomic E-state index is 13.1. The van der Waals surface area contributed by atoms with Gasteiger partial charge in [-0.1, -0.05) is 13.0 Å². The Morgan fingerprint density at radius 1 is 1.18 bits per heavy atom. The van der Waals surface area contributed by atoms with Crippen molar-refractivity contribution >= 4 is 17.4 Å². The number of aromatic hydroxyl groups is 1. The number of carbonyl (C=O) groups is 2. The Labute approximate surface area is 198 Å². The number of amides is 1. The Morgan fingerprint density at radius 3 is 2.56 bits per heavy atom. The fourth-order valence-corrected chi connectivity index (χ4v) is 4.38. The molecule has 8 nitrogen and oxygen atoms in total. The van der Waals surface area contributed by atoms with Crippen LogP contribution >= 0.6 is 0 Å². The van der Waals surface area contributed by atoms with Crippen molar-refractivity contribution in [2.24, 2.45) is 0 Å². The largest absolute Gasteiger partial charge is 0.507 e. The number of methoxy groups -OCH3 is 1. The first-order chi connectivity index (χ1) is 16.4. The van der Waals surface area contributed by atoms with Gasteiger partial charge >= 0.3 is 0 Å². The molecule has 2 aromatic rings. The molecule has 0 spiro atoms. The Balaban J connectivity index is 1.77. The third-order valence-electron chi connectivity index (χ3n) is 6.08. The summed E-state index contributed by atoms with van der Waals surface area (Å²) in [6.07, 6.45) is 2.34. The van der Waals surface area contributed by atoms with Gasteiger partial charge in [0.2, 0.25) is 0 Å². The number of ketones is 1. The molecule has 8 heteroatoms. The molecule has 0 aromatic heterocycles. The lowest BCUT2D eigenvalue weighted by Gasteiger charge is -2.27. The summed E-state index contributed by atoms with van der Waals surface area (Å²) in [6, 6.07) is 10.5. The number of phenolic OH excluding ortho intramolecular Hbond substituents is 1. The number of phenols is 1. The van der Waals surface area contributed by atoms with Crippen LogP contribution in [0.2, 0.25) is 0 Å². The van der Waals surface area contributed by atoms with Gasteiger partial charge in [0.25, 0.3) is 11.7 Å². The van der Waals surface area contributed by atoms with Crippen molar-refractivity contribution in [1.82, 2.24) is 4.90 Å². The second kappa shape index (κ2) is 10.2. The van der Waals surface area contributed by atoms with Gasteiger partial charge in [-0.15, -0.1) is 0 Å². The van der Waals surface area contributed by atoms with E-state index < -0.39 is 17.7 Å². The third kappa shape index (κ3) is 4.59. The molecule has 2 heterocycles. The van der Waals surface area contributed by atoms with Gasteiger partial charge in [0.15, 0.2) is 11.5 Å².